The molecule has 1 amide bonds. The fraction of sp³-hybridized carbons (Fsp3) is 0.667. The molecule has 0 saturated carbocycles. The number of amides is 1. The lowest BCUT2D eigenvalue weighted by atomic mass is 9.92. The molecule has 0 aliphatic rings. The summed E-state index contributed by atoms with van der Waals surface area (Å²) in [5.74, 6) is -3.68. The van der Waals surface area contributed by atoms with Crippen LogP contribution in [0.3, 0.4) is 0 Å². The highest BCUT2D eigenvalue weighted by Gasteiger charge is 2.39. The van der Waals surface area contributed by atoms with Gasteiger partial charge in [-0.15, -0.1) is 0 Å². The van der Waals surface area contributed by atoms with Crippen LogP contribution >= 0.6 is 0 Å². The number of hydrogen-bond acceptors (Lipinski definition) is 8. The maximum absolute atomic E-state index is 13.4. The van der Waals surface area contributed by atoms with Gasteiger partial charge in [-0.25, -0.2) is 9.59 Å². The Kier molecular flexibility index (Phi) is 14.7. The quantitative estimate of drug-likeness (QED) is 0.203. The predicted molar refractivity (Wildman–Crippen MR) is 149 cm³/mol. The Labute approximate surface area is 238 Å². The number of carbonyl (C=O) groups excluding carboxylic acids is 3. The SMILES string of the molecule is CCCC[C@H](C(=O)O)[C@@H](OC(=O)CC(C)C)[C@H](C)OC(=O)[C@@H](NC(=O)OC(C)(C)C)[C@@H](C)OCc1ccccc1. The molecule has 0 bridgehead atoms. The molecule has 10 nitrogen and oxygen atoms in total. The molecule has 0 heterocycles. The normalized spacial score (nSPS) is 15.3. The molecule has 0 spiro atoms. The molecule has 0 aromatic heterocycles. The average molecular weight is 566 g/mol. The molecule has 40 heavy (non-hydrogen) atoms. The van der Waals surface area contributed by atoms with Crippen LogP contribution in [0.4, 0.5) is 4.79 Å². The Bertz CT molecular complexity index is 942. The van der Waals surface area contributed by atoms with Crippen LogP contribution in [0.15, 0.2) is 30.3 Å². The maximum Gasteiger partial charge on any atom is 0.408 e. The van der Waals surface area contributed by atoms with E-state index in [0.717, 1.165) is 12.0 Å². The molecule has 0 fully saturated rings. The molecule has 0 aliphatic carbocycles. The Morgan fingerprint density at radius 2 is 1.57 bits per heavy atom. The first kappa shape index (κ1) is 34.9. The number of carbonyl (C=O) groups is 4. The van der Waals surface area contributed by atoms with Crippen molar-refractivity contribution in [2.24, 2.45) is 11.8 Å². The smallest absolute Gasteiger partial charge is 0.408 e. The Hall–Kier alpha value is -3.14. The molecule has 10 heteroatoms. The van der Waals surface area contributed by atoms with E-state index in [1.165, 1.54) is 6.92 Å². The van der Waals surface area contributed by atoms with E-state index in [2.05, 4.69) is 5.32 Å². The van der Waals surface area contributed by atoms with Gasteiger partial charge in [-0.1, -0.05) is 63.9 Å². The fourth-order valence-corrected chi connectivity index (χ4v) is 3.91. The summed E-state index contributed by atoms with van der Waals surface area (Å²) in [6, 6.07) is 8.02. The average Bonchev–Trinajstić information content (AvgIpc) is 2.84. The minimum atomic E-state index is -1.29. The van der Waals surface area contributed by atoms with E-state index in [0.29, 0.717) is 6.42 Å². The number of carboxylic acid groups (broad SMARTS) is 1. The summed E-state index contributed by atoms with van der Waals surface area (Å²) >= 11 is 0. The van der Waals surface area contributed by atoms with Crippen molar-refractivity contribution in [1.29, 1.82) is 0 Å². The summed E-state index contributed by atoms with van der Waals surface area (Å²) < 4.78 is 22.5. The third kappa shape index (κ3) is 13.3. The lowest BCUT2D eigenvalue weighted by Crippen LogP contribution is -2.52. The van der Waals surface area contributed by atoms with Gasteiger partial charge in [0.2, 0.25) is 0 Å². The summed E-state index contributed by atoms with van der Waals surface area (Å²) in [6.45, 7) is 13.9. The zero-order valence-electron chi connectivity index (χ0n) is 25.1. The van der Waals surface area contributed by atoms with E-state index < -0.39 is 59.9 Å². The second-order valence-electron chi connectivity index (χ2n) is 11.4. The summed E-state index contributed by atoms with van der Waals surface area (Å²) in [4.78, 5) is 50.7. The maximum atomic E-state index is 13.4. The highest BCUT2D eigenvalue weighted by molar-refractivity contribution is 5.82. The van der Waals surface area contributed by atoms with Crippen molar-refractivity contribution in [3.8, 4) is 0 Å². The van der Waals surface area contributed by atoms with E-state index in [1.807, 2.05) is 51.1 Å². The Morgan fingerprint density at radius 3 is 2.10 bits per heavy atom. The first-order valence-corrected chi connectivity index (χ1v) is 13.9. The van der Waals surface area contributed by atoms with Gasteiger partial charge in [0.25, 0.3) is 0 Å². The summed E-state index contributed by atoms with van der Waals surface area (Å²) in [7, 11) is 0. The number of aliphatic carboxylic acids is 1. The Morgan fingerprint density at radius 1 is 0.950 bits per heavy atom. The second-order valence-corrected chi connectivity index (χ2v) is 11.4. The number of ether oxygens (including phenoxy) is 4. The van der Waals surface area contributed by atoms with Crippen molar-refractivity contribution in [2.75, 3.05) is 0 Å². The van der Waals surface area contributed by atoms with Crippen molar-refractivity contribution in [2.45, 2.75) is 118 Å². The van der Waals surface area contributed by atoms with Gasteiger partial charge >= 0.3 is 24.0 Å². The number of carboxylic acids is 1. The monoisotopic (exact) mass is 565 g/mol. The molecule has 0 unspecified atom stereocenters. The van der Waals surface area contributed by atoms with Crippen LogP contribution in [0.5, 0.6) is 0 Å². The van der Waals surface area contributed by atoms with Crippen LogP contribution in [0.1, 0.15) is 86.6 Å². The van der Waals surface area contributed by atoms with Gasteiger partial charge in [-0.2, -0.15) is 0 Å². The standard InChI is InChI=1S/C30H47NO9/c1-9-10-16-23(27(33)34)26(39-24(32)17-19(2)3)21(5)38-28(35)25(31-29(36)40-30(6,7)8)20(4)37-18-22-14-12-11-13-15-22/h11-15,19-21,23,25-26H,9-10,16-18H2,1-8H3,(H,31,36)(H,33,34)/t20-,21+,23+,25+,26+/m1/s1. The summed E-state index contributed by atoms with van der Waals surface area (Å²) in [5, 5.41) is 12.4. The molecule has 1 rings (SSSR count). The summed E-state index contributed by atoms with van der Waals surface area (Å²) in [5.41, 5.74) is 0.0494. The van der Waals surface area contributed by atoms with Gasteiger partial charge in [0.05, 0.1) is 18.6 Å². The molecule has 5 atom stereocenters. The molecule has 1 aromatic rings. The highest BCUT2D eigenvalue weighted by Crippen LogP contribution is 2.23. The topological polar surface area (TPSA) is 137 Å². The minimum absolute atomic E-state index is 0.00468. The molecule has 0 aliphatic heterocycles. The van der Waals surface area contributed by atoms with Crippen LogP contribution in [0.2, 0.25) is 0 Å². The molecule has 0 saturated heterocycles. The first-order valence-electron chi connectivity index (χ1n) is 13.9. The van der Waals surface area contributed by atoms with E-state index in [4.69, 9.17) is 18.9 Å². The van der Waals surface area contributed by atoms with Crippen molar-refractivity contribution in [3.63, 3.8) is 0 Å². The van der Waals surface area contributed by atoms with Gasteiger partial charge in [-0.3, -0.25) is 9.59 Å². The van der Waals surface area contributed by atoms with E-state index >= 15 is 0 Å². The third-order valence-electron chi connectivity index (χ3n) is 5.94. The van der Waals surface area contributed by atoms with E-state index in [9.17, 15) is 24.3 Å². The van der Waals surface area contributed by atoms with Gasteiger partial charge in [-0.05, 0) is 52.5 Å². The largest absolute Gasteiger partial charge is 0.481 e. The van der Waals surface area contributed by atoms with Crippen molar-refractivity contribution >= 4 is 24.0 Å². The highest BCUT2D eigenvalue weighted by atomic mass is 16.6. The van der Waals surface area contributed by atoms with Gasteiger partial charge in [0, 0.05) is 6.42 Å². The van der Waals surface area contributed by atoms with Crippen molar-refractivity contribution < 1.29 is 43.2 Å². The third-order valence-corrected chi connectivity index (χ3v) is 5.94. The van der Waals surface area contributed by atoms with Gasteiger partial charge in [0.1, 0.15) is 11.7 Å². The number of unbranched alkanes of at least 4 members (excludes halogenated alkanes) is 1. The number of hydrogen-bond donors (Lipinski definition) is 2. The molecule has 1 aromatic carbocycles. The van der Waals surface area contributed by atoms with Crippen LogP contribution in [-0.4, -0.2) is 59.1 Å². The van der Waals surface area contributed by atoms with Crippen LogP contribution < -0.4 is 5.32 Å². The number of nitrogens with one attached hydrogen (secondary N) is 1. The van der Waals surface area contributed by atoms with Gasteiger partial charge < -0.3 is 29.4 Å². The van der Waals surface area contributed by atoms with Crippen molar-refractivity contribution in [3.05, 3.63) is 35.9 Å². The van der Waals surface area contributed by atoms with Crippen LogP contribution in [0, 0.1) is 11.8 Å². The second kappa shape index (κ2) is 16.8. The van der Waals surface area contributed by atoms with Gasteiger partial charge in [0.15, 0.2) is 12.1 Å². The van der Waals surface area contributed by atoms with Crippen LogP contribution in [-0.2, 0) is 39.9 Å². The Balaban J connectivity index is 3.18. The summed E-state index contributed by atoms with van der Waals surface area (Å²) in [6.07, 6.45) is -2.37. The zero-order valence-corrected chi connectivity index (χ0v) is 25.1. The number of alkyl carbamates (subject to hydrolysis) is 1. The number of benzene rings is 1. The van der Waals surface area contributed by atoms with Crippen molar-refractivity contribution in [1.82, 2.24) is 5.32 Å². The first-order chi connectivity index (χ1) is 18.6. The predicted octanol–water partition coefficient (Wildman–Crippen LogP) is 5.27. The molecule has 226 valence electrons. The number of esters is 2. The molecular weight excluding hydrogens is 518 g/mol. The zero-order chi connectivity index (χ0) is 30.5. The lowest BCUT2D eigenvalue weighted by Gasteiger charge is -2.31. The number of rotatable bonds is 16. The molecule has 2 N–H and O–H groups in total. The molecule has 0 radical (unpaired) electrons. The lowest BCUT2D eigenvalue weighted by molar-refractivity contribution is -0.179. The minimum Gasteiger partial charge on any atom is -0.481 e. The van der Waals surface area contributed by atoms with E-state index in [-0.39, 0.29) is 25.4 Å². The van der Waals surface area contributed by atoms with E-state index in [1.54, 1.807) is 27.7 Å². The fourth-order valence-electron chi connectivity index (χ4n) is 3.91. The molecular formula is C30H47NO9. The van der Waals surface area contributed by atoms with Crippen LogP contribution in [0.25, 0.3) is 0 Å².